The van der Waals surface area contributed by atoms with Gasteiger partial charge in [-0.15, -0.1) is 0 Å². The molecule has 2 amide bonds. The lowest BCUT2D eigenvalue weighted by molar-refractivity contribution is -0.131. The van der Waals surface area contributed by atoms with Crippen LogP contribution >= 0.6 is 0 Å². The Morgan fingerprint density at radius 3 is 2.79 bits per heavy atom. The van der Waals surface area contributed by atoms with Crippen molar-refractivity contribution in [3.05, 3.63) is 35.6 Å². The van der Waals surface area contributed by atoms with Gasteiger partial charge in [0.2, 0.25) is 11.8 Å². The lowest BCUT2D eigenvalue weighted by atomic mass is 9.94. The van der Waals surface area contributed by atoms with E-state index >= 15 is 0 Å². The highest BCUT2D eigenvalue weighted by Gasteiger charge is 2.47. The number of nitrogens with one attached hydrogen (secondary N) is 1. The van der Waals surface area contributed by atoms with E-state index in [-0.39, 0.29) is 36.5 Å². The van der Waals surface area contributed by atoms with E-state index in [0.29, 0.717) is 24.1 Å². The van der Waals surface area contributed by atoms with Gasteiger partial charge in [0.1, 0.15) is 5.82 Å². The van der Waals surface area contributed by atoms with E-state index in [1.807, 2.05) is 4.90 Å². The highest BCUT2D eigenvalue weighted by molar-refractivity contribution is 5.89. The van der Waals surface area contributed by atoms with Crippen LogP contribution in [-0.2, 0) is 16.1 Å². The van der Waals surface area contributed by atoms with Gasteiger partial charge in [0.05, 0.1) is 5.92 Å². The summed E-state index contributed by atoms with van der Waals surface area (Å²) in [5.41, 5.74) is 0.472. The second-order valence-electron chi connectivity index (χ2n) is 7.50. The van der Waals surface area contributed by atoms with Gasteiger partial charge in [-0.05, 0) is 37.2 Å². The number of hydrogen-bond donors (Lipinski definition) is 1. The van der Waals surface area contributed by atoms with E-state index < -0.39 is 0 Å². The fourth-order valence-electron chi connectivity index (χ4n) is 4.79. The largest absolute Gasteiger partial charge is 0.352 e. The number of carbonyl (C=O) groups is 2. The van der Waals surface area contributed by atoms with E-state index in [9.17, 15) is 14.0 Å². The molecule has 24 heavy (non-hydrogen) atoms. The van der Waals surface area contributed by atoms with Gasteiger partial charge >= 0.3 is 0 Å². The number of benzene rings is 1. The Kier molecular flexibility index (Phi) is 4.02. The lowest BCUT2D eigenvalue weighted by Gasteiger charge is -2.31. The first-order valence-electron chi connectivity index (χ1n) is 8.92. The van der Waals surface area contributed by atoms with Gasteiger partial charge in [0.25, 0.3) is 0 Å². The molecular formula is C19H23FN2O2. The van der Waals surface area contributed by atoms with E-state index in [1.165, 1.54) is 25.3 Å². The van der Waals surface area contributed by atoms with Crippen LogP contribution in [0.25, 0.3) is 0 Å². The normalized spacial score (nSPS) is 31.7. The van der Waals surface area contributed by atoms with Crippen LogP contribution in [0.4, 0.5) is 4.39 Å². The molecule has 3 aliphatic rings. The molecule has 2 bridgehead atoms. The van der Waals surface area contributed by atoms with Gasteiger partial charge in [0, 0.05) is 31.1 Å². The Hall–Kier alpha value is -1.91. The summed E-state index contributed by atoms with van der Waals surface area (Å²) in [6, 6.07) is 6.78. The zero-order chi connectivity index (χ0) is 16.7. The molecule has 0 unspecified atom stereocenters. The van der Waals surface area contributed by atoms with Crippen LogP contribution in [0.3, 0.4) is 0 Å². The zero-order valence-corrected chi connectivity index (χ0v) is 13.7. The molecular weight excluding hydrogens is 307 g/mol. The number of rotatable bonds is 4. The van der Waals surface area contributed by atoms with E-state index in [2.05, 4.69) is 5.32 Å². The third-order valence-electron chi connectivity index (χ3n) is 6.04. The Balaban J connectivity index is 1.34. The van der Waals surface area contributed by atoms with Crippen LogP contribution in [0.15, 0.2) is 24.3 Å². The quantitative estimate of drug-likeness (QED) is 0.922. The van der Waals surface area contributed by atoms with Gasteiger partial charge in [-0.25, -0.2) is 4.39 Å². The average molecular weight is 330 g/mol. The van der Waals surface area contributed by atoms with E-state index in [1.54, 1.807) is 18.2 Å². The molecule has 1 aromatic carbocycles. The van der Waals surface area contributed by atoms with Crippen LogP contribution in [0.1, 0.15) is 37.7 Å². The van der Waals surface area contributed by atoms with Crippen molar-refractivity contribution < 1.29 is 14.0 Å². The summed E-state index contributed by atoms with van der Waals surface area (Å²) in [4.78, 5) is 26.7. The molecule has 0 radical (unpaired) electrons. The first-order valence-corrected chi connectivity index (χ1v) is 8.92. The van der Waals surface area contributed by atoms with Crippen LogP contribution in [0.5, 0.6) is 0 Å². The predicted octanol–water partition coefficient (Wildman–Crippen LogP) is 2.48. The second kappa shape index (κ2) is 6.19. The highest BCUT2D eigenvalue weighted by atomic mass is 19.1. The summed E-state index contributed by atoms with van der Waals surface area (Å²) in [7, 11) is 0. The minimum atomic E-state index is -0.316. The van der Waals surface area contributed by atoms with Crippen LogP contribution in [-0.4, -0.2) is 29.3 Å². The summed E-state index contributed by atoms with van der Waals surface area (Å²) in [5, 5.41) is 2.79. The minimum absolute atomic E-state index is 0.110. The summed E-state index contributed by atoms with van der Waals surface area (Å²) in [6.07, 6.45) is 5.18. The number of carbonyl (C=O) groups excluding carboxylic acids is 2. The molecule has 1 saturated heterocycles. The van der Waals surface area contributed by atoms with Crippen molar-refractivity contribution in [3.63, 3.8) is 0 Å². The van der Waals surface area contributed by atoms with Gasteiger partial charge in [-0.3, -0.25) is 9.59 Å². The van der Waals surface area contributed by atoms with Gasteiger partial charge in [-0.1, -0.05) is 24.6 Å². The number of amides is 2. The lowest BCUT2D eigenvalue weighted by Crippen LogP contribution is -2.41. The summed E-state index contributed by atoms with van der Waals surface area (Å²) < 4.78 is 13.6. The molecule has 1 heterocycles. The maximum Gasteiger partial charge on any atom is 0.225 e. The molecule has 0 spiro atoms. The summed E-state index contributed by atoms with van der Waals surface area (Å²) in [6.45, 7) is 0.695. The predicted molar refractivity (Wildman–Crippen MR) is 87.3 cm³/mol. The Bertz CT molecular complexity index is 663. The molecule has 1 N–H and O–H groups in total. The molecule has 4 nitrogen and oxygen atoms in total. The van der Waals surface area contributed by atoms with Crippen molar-refractivity contribution in [3.8, 4) is 0 Å². The molecule has 0 aromatic heterocycles. The van der Waals surface area contributed by atoms with Gasteiger partial charge in [-0.2, -0.15) is 0 Å². The van der Waals surface area contributed by atoms with Crippen LogP contribution in [0.2, 0.25) is 0 Å². The number of fused-ring (bicyclic) bond motifs is 2. The highest BCUT2D eigenvalue weighted by Crippen LogP contribution is 2.47. The van der Waals surface area contributed by atoms with E-state index in [0.717, 1.165) is 12.3 Å². The zero-order valence-electron chi connectivity index (χ0n) is 13.7. The van der Waals surface area contributed by atoms with Crippen molar-refractivity contribution >= 4 is 11.8 Å². The first kappa shape index (κ1) is 15.6. The van der Waals surface area contributed by atoms with Crippen molar-refractivity contribution in [2.75, 3.05) is 6.54 Å². The Morgan fingerprint density at radius 1 is 1.25 bits per heavy atom. The fraction of sp³-hybridized carbons (Fsp3) is 0.579. The van der Waals surface area contributed by atoms with Crippen molar-refractivity contribution in [2.45, 2.75) is 44.7 Å². The summed E-state index contributed by atoms with van der Waals surface area (Å²) >= 11 is 0. The number of likely N-dealkylation sites (tertiary alicyclic amines) is 1. The topological polar surface area (TPSA) is 49.4 Å². The fourth-order valence-corrected chi connectivity index (χ4v) is 4.79. The molecule has 5 heteroatoms. The average Bonchev–Trinajstić information content (AvgIpc) is 3.28. The molecule has 1 aromatic rings. The molecule has 128 valence electrons. The molecule has 2 saturated carbocycles. The SMILES string of the molecule is O=C(NCc1ccccc1F)[C@H]1CC(=O)N([C@@H]2C[C@H]3CC[C@H]2C3)C1. The number of halogens is 1. The molecule has 4 atom stereocenters. The Morgan fingerprint density at radius 2 is 2.08 bits per heavy atom. The maximum atomic E-state index is 13.6. The number of nitrogens with zero attached hydrogens (tertiary/aromatic N) is 1. The van der Waals surface area contributed by atoms with Crippen LogP contribution < -0.4 is 5.32 Å². The third-order valence-corrected chi connectivity index (χ3v) is 6.04. The van der Waals surface area contributed by atoms with Crippen molar-refractivity contribution in [2.24, 2.45) is 17.8 Å². The first-order chi connectivity index (χ1) is 11.6. The maximum absolute atomic E-state index is 13.6. The standard InChI is InChI=1S/C19H23FN2O2/c20-16-4-2-1-3-14(16)10-21-19(24)15-9-18(23)22(11-15)17-8-12-5-6-13(17)7-12/h1-4,12-13,15,17H,5-11H2,(H,21,24)/t12-,13-,15-,17+/m0/s1. The molecule has 2 aliphatic carbocycles. The minimum Gasteiger partial charge on any atom is -0.352 e. The monoisotopic (exact) mass is 330 g/mol. The molecule has 3 fully saturated rings. The molecule has 1 aliphatic heterocycles. The summed E-state index contributed by atoms with van der Waals surface area (Å²) in [5.74, 6) is 0.768. The van der Waals surface area contributed by atoms with E-state index in [4.69, 9.17) is 0 Å². The van der Waals surface area contributed by atoms with Gasteiger partial charge < -0.3 is 10.2 Å². The van der Waals surface area contributed by atoms with Crippen molar-refractivity contribution in [1.82, 2.24) is 10.2 Å². The smallest absolute Gasteiger partial charge is 0.225 e. The van der Waals surface area contributed by atoms with Crippen LogP contribution in [0, 0.1) is 23.6 Å². The molecule has 4 rings (SSSR count). The Labute approximate surface area is 141 Å². The van der Waals surface area contributed by atoms with Crippen molar-refractivity contribution in [1.29, 1.82) is 0 Å². The second-order valence-corrected chi connectivity index (χ2v) is 7.50. The van der Waals surface area contributed by atoms with Gasteiger partial charge in [0.15, 0.2) is 0 Å². The number of hydrogen-bond acceptors (Lipinski definition) is 2. The third kappa shape index (κ3) is 2.80.